The van der Waals surface area contributed by atoms with Crippen LogP contribution in [0.2, 0.25) is 0 Å². The van der Waals surface area contributed by atoms with E-state index in [0.717, 1.165) is 24.3 Å². The van der Waals surface area contributed by atoms with Crippen molar-refractivity contribution in [3.63, 3.8) is 0 Å². The van der Waals surface area contributed by atoms with E-state index >= 15 is 0 Å². The summed E-state index contributed by atoms with van der Waals surface area (Å²) < 4.78 is 76.8. The Bertz CT molecular complexity index is 1110. The van der Waals surface area contributed by atoms with Crippen molar-refractivity contribution in [2.75, 3.05) is 13.3 Å². The lowest BCUT2D eigenvalue weighted by Crippen LogP contribution is -2.42. The third kappa shape index (κ3) is 6.24. The Kier molecular flexibility index (Phi) is 6.74. The van der Waals surface area contributed by atoms with Crippen molar-refractivity contribution in [2.24, 2.45) is 0 Å². The molecular formula is C18H16F3N3O7S. The number of rotatable bonds is 7. The first-order valence-corrected chi connectivity index (χ1v) is 10.4. The summed E-state index contributed by atoms with van der Waals surface area (Å²) in [6.07, 6.45) is -5.22. The highest BCUT2D eigenvalue weighted by molar-refractivity contribution is 7.89. The lowest BCUT2D eigenvalue weighted by Gasteiger charge is -2.10. The summed E-state index contributed by atoms with van der Waals surface area (Å²) in [4.78, 5) is 23.6. The van der Waals surface area contributed by atoms with Gasteiger partial charge in [-0.1, -0.05) is 0 Å². The fourth-order valence-corrected chi connectivity index (χ4v) is 3.53. The van der Waals surface area contributed by atoms with Gasteiger partial charge in [-0.3, -0.25) is 20.4 Å². The molecule has 3 rings (SSSR count). The standard InChI is InChI=1S/C18H16F3N3O7S/c19-18(20,21)31-12-2-4-13(5-3-12)32(27,28)22-8-7-16(25)23-24-17(26)11-1-6-14-15(9-11)30-10-29-14/h1-6,9,22H,7-8,10H2,(H,23,25)(H,24,26). The van der Waals surface area contributed by atoms with E-state index in [1.165, 1.54) is 18.2 Å². The third-order valence-corrected chi connectivity index (χ3v) is 5.44. The average molecular weight is 475 g/mol. The maximum absolute atomic E-state index is 12.2. The number of carbonyl (C=O) groups excluding carboxylic acids is 2. The van der Waals surface area contributed by atoms with Crippen molar-refractivity contribution < 1.29 is 45.4 Å². The summed E-state index contributed by atoms with van der Waals surface area (Å²) in [7, 11) is -4.08. The number of hydrazine groups is 1. The van der Waals surface area contributed by atoms with Crippen molar-refractivity contribution in [1.82, 2.24) is 15.6 Å². The number of ether oxygens (including phenoxy) is 3. The molecule has 0 unspecified atom stereocenters. The van der Waals surface area contributed by atoms with E-state index in [-0.39, 0.29) is 30.2 Å². The molecule has 0 spiro atoms. The van der Waals surface area contributed by atoms with Gasteiger partial charge >= 0.3 is 6.36 Å². The monoisotopic (exact) mass is 475 g/mol. The molecule has 0 atom stereocenters. The number of fused-ring (bicyclic) bond motifs is 1. The highest BCUT2D eigenvalue weighted by Crippen LogP contribution is 2.32. The Labute approximate surface area is 179 Å². The smallest absolute Gasteiger partial charge is 0.454 e. The second-order valence-corrected chi connectivity index (χ2v) is 8.00. The number of alkyl halides is 3. The fourth-order valence-electron chi connectivity index (χ4n) is 2.50. The number of sulfonamides is 1. The van der Waals surface area contributed by atoms with E-state index in [0.29, 0.717) is 11.5 Å². The molecule has 0 saturated carbocycles. The topological polar surface area (TPSA) is 132 Å². The number of carbonyl (C=O) groups is 2. The third-order valence-electron chi connectivity index (χ3n) is 3.96. The van der Waals surface area contributed by atoms with Gasteiger partial charge in [0.25, 0.3) is 5.91 Å². The van der Waals surface area contributed by atoms with Gasteiger partial charge in [0, 0.05) is 18.5 Å². The van der Waals surface area contributed by atoms with Crippen molar-refractivity contribution in [3.05, 3.63) is 48.0 Å². The molecule has 0 bridgehead atoms. The molecule has 0 radical (unpaired) electrons. The first-order valence-electron chi connectivity index (χ1n) is 8.88. The Morgan fingerprint density at radius 2 is 1.69 bits per heavy atom. The van der Waals surface area contributed by atoms with Gasteiger partial charge in [0.1, 0.15) is 5.75 Å². The van der Waals surface area contributed by atoms with E-state index in [1.807, 2.05) is 0 Å². The van der Waals surface area contributed by atoms with E-state index in [4.69, 9.17) is 9.47 Å². The van der Waals surface area contributed by atoms with Crippen LogP contribution in [0.1, 0.15) is 16.8 Å². The first kappa shape index (κ1) is 23.1. The minimum absolute atomic E-state index is 0.0402. The van der Waals surface area contributed by atoms with E-state index in [2.05, 4.69) is 20.3 Å². The number of amides is 2. The zero-order valence-electron chi connectivity index (χ0n) is 16.1. The second-order valence-electron chi connectivity index (χ2n) is 6.24. The molecule has 1 aliphatic rings. The van der Waals surface area contributed by atoms with Crippen LogP contribution in [0.3, 0.4) is 0 Å². The molecule has 1 heterocycles. The summed E-state index contributed by atoms with van der Waals surface area (Å²) >= 11 is 0. The Hall–Kier alpha value is -3.52. The maximum Gasteiger partial charge on any atom is 0.573 e. The van der Waals surface area contributed by atoms with Crippen LogP contribution in [0.25, 0.3) is 0 Å². The first-order chi connectivity index (χ1) is 15.0. The zero-order chi connectivity index (χ0) is 23.4. The molecule has 32 heavy (non-hydrogen) atoms. The SMILES string of the molecule is O=C(CCNS(=O)(=O)c1ccc(OC(F)(F)F)cc1)NNC(=O)c1ccc2c(c1)OCO2. The van der Waals surface area contributed by atoms with Gasteiger partial charge in [-0.05, 0) is 42.5 Å². The van der Waals surface area contributed by atoms with Crippen molar-refractivity contribution in [2.45, 2.75) is 17.7 Å². The van der Waals surface area contributed by atoms with Gasteiger partial charge in [0.15, 0.2) is 11.5 Å². The Balaban J connectivity index is 1.44. The quantitative estimate of drug-likeness (QED) is 0.517. The van der Waals surface area contributed by atoms with Gasteiger partial charge in [0.2, 0.25) is 22.7 Å². The zero-order valence-corrected chi connectivity index (χ0v) is 16.9. The van der Waals surface area contributed by atoms with Crippen LogP contribution in [-0.4, -0.2) is 39.9 Å². The minimum atomic E-state index is -4.90. The molecule has 0 saturated heterocycles. The van der Waals surface area contributed by atoms with Crippen molar-refractivity contribution in [1.29, 1.82) is 0 Å². The molecule has 172 valence electrons. The van der Waals surface area contributed by atoms with Crippen LogP contribution >= 0.6 is 0 Å². The molecule has 14 heteroatoms. The lowest BCUT2D eigenvalue weighted by atomic mass is 10.2. The number of benzene rings is 2. The van der Waals surface area contributed by atoms with Crippen LogP contribution in [0.15, 0.2) is 47.4 Å². The van der Waals surface area contributed by atoms with Crippen LogP contribution in [-0.2, 0) is 14.8 Å². The van der Waals surface area contributed by atoms with Gasteiger partial charge in [-0.2, -0.15) is 0 Å². The second kappa shape index (κ2) is 9.32. The molecule has 2 aromatic rings. The molecular weight excluding hydrogens is 459 g/mol. The van der Waals surface area contributed by atoms with Crippen LogP contribution < -0.4 is 29.8 Å². The molecule has 3 N–H and O–H groups in total. The maximum atomic E-state index is 12.2. The highest BCUT2D eigenvalue weighted by Gasteiger charge is 2.31. The van der Waals surface area contributed by atoms with E-state index in [1.54, 1.807) is 0 Å². The summed E-state index contributed by atoms with van der Waals surface area (Å²) in [6.45, 7) is -0.284. The predicted octanol–water partition coefficient (Wildman–Crippen LogP) is 1.44. The summed E-state index contributed by atoms with van der Waals surface area (Å²) in [5.41, 5.74) is 4.51. The van der Waals surface area contributed by atoms with Gasteiger partial charge in [-0.15, -0.1) is 13.2 Å². The van der Waals surface area contributed by atoms with Gasteiger partial charge in [-0.25, -0.2) is 13.1 Å². The van der Waals surface area contributed by atoms with Crippen molar-refractivity contribution in [3.8, 4) is 17.2 Å². The van der Waals surface area contributed by atoms with E-state index in [9.17, 15) is 31.2 Å². The number of nitrogens with one attached hydrogen (secondary N) is 3. The normalized spacial score (nSPS) is 12.8. The number of hydrogen-bond donors (Lipinski definition) is 3. The van der Waals surface area contributed by atoms with Gasteiger partial charge < -0.3 is 14.2 Å². The fraction of sp³-hybridized carbons (Fsp3) is 0.222. The summed E-state index contributed by atoms with van der Waals surface area (Å²) in [5, 5.41) is 0. The minimum Gasteiger partial charge on any atom is -0.454 e. The summed E-state index contributed by atoms with van der Waals surface area (Å²) in [5.74, 6) is -1.01. The van der Waals surface area contributed by atoms with Crippen LogP contribution in [0, 0.1) is 0 Å². The summed E-state index contributed by atoms with van der Waals surface area (Å²) in [6, 6.07) is 7.98. The van der Waals surface area contributed by atoms with Crippen molar-refractivity contribution >= 4 is 21.8 Å². The number of hydrogen-bond acceptors (Lipinski definition) is 7. The molecule has 0 aliphatic carbocycles. The largest absolute Gasteiger partial charge is 0.573 e. The highest BCUT2D eigenvalue weighted by atomic mass is 32.2. The Morgan fingerprint density at radius 3 is 2.38 bits per heavy atom. The molecule has 0 fully saturated rings. The molecule has 10 nitrogen and oxygen atoms in total. The molecule has 2 amide bonds. The van der Waals surface area contributed by atoms with Crippen LogP contribution in [0.4, 0.5) is 13.2 Å². The molecule has 1 aliphatic heterocycles. The number of halogens is 3. The van der Waals surface area contributed by atoms with E-state index < -0.39 is 33.9 Å². The van der Waals surface area contributed by atoms with Gasteiger partial charge in [0.05, 0.1) is 4.90 Å². The van der Waals surface area contributed by atoms with Crippen LogP contribution in [0.5, 0.6) is 17.2 Å². The lowest BCUT2D eigenvalue weighted by molar-refractivity contribution is -0.274. The molecule has 0 aromatic heterocycles. The molecule has 2 aromatic carbocycles. The Morgan fingerprint density at radius 1 is 1.00 bits per heavy atom. The predicted molar refractivity (Wildman–Crippen MR) is 101 cm³/mol. The average Bonchev–Trinajstić information content (AvgIpc) is 3.19.